The summed E-state index contributed by atoms with van der Waals surface area (Å²) >= 11 is 0. The number of fused-ring (bicyclic) bond motifs is 1. The number of carbonyl (C=O) groups is 1. The van der Waals surface area contributed by atoms with E-state index < -0.39 is 0 Å². The van der Waals surface area contributed by atoms with Crippen LogP contribution in [0, 0.1) is 0 Å². The predicted octanol–water partition coefficient (Wildman–Crippen LogP) is 2.47. The van der Waals surface area contributed by atoms with Crippen LogP contribution in [-0.4, -0.2) is 46.0 Å². The molecule has 1 atom stereocenters. The number of nitrogens with zero attached hydrogens (tertiary/aromatic N) is 3. The van der Waals surface area contributed by atoms with Crippen LogP contribution in [0.5, 0.6) is 0 Å². The first-order valence-electron chi connectivity index (χ1n) is 10.1. The molecule has 2 aromatic carbocycles. The normalized spacial score (nSPS) is 12.2. The Morgan fingerprint density at radius 2 is 1.76 bits per heavy atom. The summed E-state index contributed by atoms with van der Waals surface area (Å²) in [7, 11) is 0. The summed E-state index contributed by atoms with van der Waals surface area (Å²) in [6.45, 7) is 6.58. The topological polar surface area (TPSA) is 67.2 Å². The summed E-state index contributed by atoms with van der Waals surface area (Å²) in [6, 6.07) is 17.7. The van der Waals surface area contributed by atoms with Crippen LogP contribution in [0.1, 0.15) is 19.4 Å². The molecular formula is C23H28N4O2. The van der Waals surface area contributed by atoms with Gasteiger partial charge in [0.25, 0.3) is 5.56 Å². The fourth-order valence-electron chi connectivity index (χ4n) is 3.62. The molecule has 152 valence electrons. The summed E-state index contributed by atoms with van der Waals surface area (Å²) in [6.07, 6.45) is 2.30. The lowest BCUT2D eigenvalue weighted by Gasteiger charge is -2.30. The van der Waals surface area contributed by atoms with Gasteiger partial charge in [-0.05, 0) is 37.2 Å². The van der Waals surface area contributed by atoms with Crippen LogP contribution in [0.4, 0.5) is 0 Å². The second kappa shape index (κ2) is 9.98. The van der Waals surface area contributed by atoms with Gasteiger partial charge in [-0.25, -0.2) is 4.98 Å². The largest absolute Gasteiger partial charge is 0.353 e. The van der Waals surface area contributed by atoms with E-state index in [0.29, 0.717) is 17.4 Å². The standard InChI is InChI=1S/C23H28N4O2/c1-3-26(4-2)19(14-18-10-6-5-7-11-18)15-24-22(28)16-27-17-25-21-13-9-8-12-20(21)23(27)29/h5-13,17,19H,3-4,14-16H2,1-2H3,(H,24,28). The number of benzene rings is 2. The molecule has 1 unspecified atom stereocenters. The summed E-state index contributed by atoms with van der Waals surface area (Å²) in [5, 5.41) is 3.53. The van der Waals surface area contributed by atoms with Gasteiger partial charge in [0.1, 0.15) is 6.54 Å². The molecule has 1 N–H and O–H groups in total. The van der Waals surface area contributed by atoms with E-state index in [4.69, 9.17) is 0 Å². The molecular weight excluding hydrogens is 364 g/mol. The molecule has 6 heteroatoms. The maximum atomic E-state index is 12.6. The average molecular weight is 393 g/mol. The smallest absolute Gasteiger partial charge is 0.261 e. The lowest BCUT2D eigenvalue weighted by atomic mass is 10.0. The summed E-state index contributed by atoms with van der Waals surface area (Å²) in [5.74, 6) is -0.186. The molecule has 29 heavy (non-hydrogen) atoms. The number of rotatable bonds is 9. The van der Waals surface area contributed by atoms with E-state index in [1.54, 1.807) is 18.2 Å². The highest BCUT2D eigenvalue weighted by molar-refractivity contribution is 5.78. The minimum atomic E-state index is -0.199. The third-order valence-electron chi connectivity index (χ3n) is 5.22. The Bertz CT molecular complexity index is 996. The number of carbonyl (C=O) groups excluding carboxylic acids is 1. The van der Waals surface area contributed by atoms with E-state index in [9.17, 15) is 9.59 Å². The van der Waals surface area contributed by atoms with E-state index in [-0.39, 0.29) is 24.1 Å². The molecule has 1 aromatic heterocycles. The predicted molar refractivity (Wildman–Crippen MR) is 116 cm³/mol. The molecule has 0 aliphatic heterocycles. The number of nitrogens with one attached hydrogen (secondary N) is 1. The van der Waals surface area contributed by atoms with Crippen molar-refractivity contribution in [3.8, 4) is 0 Å². The molecule has 3 rings (SSSR count). The lowest BCUT2D eigenvalue weighted by Crippen LogP contribution is -2.46. The molecule has 0 aliphatic carbocycles. The van der Waals surface area contributed by atoms with Gasteiger partial charge in [0, 0.05) is 12.6 Å². The average Bonchev–Trinajstić information content (AvgIpc) is 2.75. The first-order valence-corrected chi connectivity index (χ1v) is 10.1. The highest BCUT2D eigenvalue weighted by atomic mass is 16.2. The van der Waals surface area contributed by atoms with Crippen molar-refractivity contribution >= 4 is 16.8 Å². The number of likely N-dealkylation sites (N-methyl/N-ethyl adjacent to an activating group) is 1. The molecule has 1 heterocycles. The van der Waals surface area contributed by atoms with Gasteiger partial charge in [0.05, 0.1) is 17.2 Å². The molecule has 0 aliphatic rings. The molecule has 0 bridgehead atoms. The van der Waals surface area contributed by atoms with Crippen LogP contribution in [-0.2, 0) is 17.8 Å². The Kier molecular flexibility index (Phi) is 7.14. The van der Waals surface area contributed by atoms with Crippen LogP contribution >= 0.6 is 0 Å². The zero-order valence-electron chi connectivity index (χ0n) is 17.0. The van der Waals surface area contributed by atoms with E-state index >= 15 is 0 Å². The van der Waals surface area contributed by atoms with E-state index in [1.165, 1.54) is 16.5 Å². The van der Waals surface area contributed by atoms with E-state index in [1.807, 2.05) is 24.3 Å². The van der Waals surface area contributed by atoms with Gasteiger partial charge in [-0.2, -0.15) is 0 Å². The number of aromatic nitrogens is 2. The summed E-state index contributed by atoms with van der Waals surface area (Å²) in [4.78, 5) is 31.7. The van der Waals surface area contributed by atoms with Gasteiger partial charge in [-0.1, -0.05) is 56.3 Å². The zero-order valence-corrected chi connectivity index (χ0v) is 17.0. The maximum absolute atomic E-state index is 12.6. The van der Waals surface area contributed by atoms with Gasteiger partial charge in [-0.15, -0.1) is 0 Å². The third-order valence-corrected chi connectivity index (χ3v) is 5.22. The highest BCUT2D eigenvalue weighted by Crippen LogP contribution is 2.09. The third kappa shape index (κ3) is 5.29. The first kappa shape index (κ1) is 20.7. The minimum Gasteiger partial charge on any atom is -0.353 e. The number of amides is 1. The van der Waals surface area contributed by atoms with Crippen LogP contribution in [0.25, 0.3) is 10.9 Å². The minimum absolute atomic E-state index is 0.0347. The van der Waals surface area contributed by atoms with Crippen molar-refractivity contribution in [2.75, 3.05) is 19.6 Å². The fraction of sp³-hybridized carbons (Fsp3) is 0.348. The molecule has 0 saturated heterocycles. The second-order valence-corrected chi connectivity index (χ2v) is 7.06. The van der Waals surface area contributed by atoms with Crippen molar-refractivity contribution in [1.82, 2.24) is 19.8 Å². The van der Waals surface area contributed by atoms with Crippen LogP contribution in [0.15, 0.2) is 65.7 Å². The van der Waals surface area contributed by atoms with Crippen molar-refractivity contribution in [2.24, 2.45) is 0 Å². The van der Waals surface area contributed by atoms with Gasteiger partial charge >= 0.3 is 0 Å². The monoisotopic (exact) mass is 392 g/mol. The SMILES string of the molecule is CCN(CC)C(CNC(=O)Cn1cnc2ccccc2c1=O)Cc1ccccc1. The lowest BCUT2D eigenvalue weighted by molar-refractivity contribution is -0.122. The Morgan fingerprint density at radius 1 is 1.07 bits per heavy atom. The van der Waals surface area contributed by atoms with E-state index in [0.717, 1.165) is 19.5 Å². The first-order chi connectivity index (χ1) is 14.1. The van der Waals surface area contributed by atoms with Crippen molar-refractivity contribution in [3.05, 3.63) is 76.8 Å². The van der Waals surface area contributed by atoms with Gasteiger partial charge in [0.2, 0.25) is 5.91 Å². The molecule has 0 radical (unpaired) electrons. The maximum Gasteiger partial charge on any atom is 0.261 e. The quantitative estimate of drug-likeness (QED) is 0.607. The molecule has 6 nitrogen and oxygen atoms in total. The fourth-order valence-corrected chi connectivity index (χ4v) is 3.62. The summed E-state index contributed by atoms with van der Waals surface area (Å²) in [5.41, 5.74) is 1.68. The van der Waals surface area contributed by atoms with E-state index in [2.05, 4.69) is 41.2 Å². The van der Waals surface area contributed by atoms with Crippen molar-refractivity contribution in [1.29, 1.82) is 0 Å². The van der Waals surface area contributed by atoms with Crippen molar-refractivity contribution in [3.63, 3.8) is 0 Å². The summed E-state index contributed by atoms with van der Waals surface area (Å²) < 4.78 is 1.36. The molecule has 0 saturated carbocycles. The Balaban J connectivity index is 1.67. The zero-order chi connectivity index (χ0) is 20.6. The molecule has 0 spiro atoms. The highest BCUT2D eigenvalue weighted by Gasteiger charge is 2.18. The van der Waals surface area contributed by atoms with Crippen molar-refractivity contribution in [2.45, 2.75) is 32.9 Å². The van der Waals surface area contributed by atoms with Gasteiger partial charge < -0.3 is 5.32 Å². The molecule has 0 fully saturated rings. The Labute approximate surface area is 171 Å². The van der Waals surface area contributed by atoms with Gasteiger partial charge in [-0.3, -0.25) is 19.1 Å². The molecule has 1 amide bonds. The van der Waals surface area contributed by atoms with Gasteiger partial charge in [0.15, 0.2) is 0 Å². The number of para-hydroxylation sites is 1. The number of hydrogen-bond acceptors (Lipinski definition) is 4. The number of hydrogen-bond donors (Lipinski definition) is 1. The molecule has 3 aromatic rings. The Hall–Kier alpha value is -2.99. The van der Waals surface area contributed by atoms with Crippen molar-refractivity contribution < 1.29 is 4.79 Å². The van der Waals surface area contributed by atoms with Crippen LogP contribution in [0.3, 0.4) is 0 Å². The van der Waals surface area contributed by atoms with Crippen LogP contribution < -0.4 is 10.9 Å². The van der Waals surface area contributed by atoms with Crippen LogP contribution in [0.2, 0.25) is 0 Å². The Morgan fingerprint density at radius 3 is 2.48 bits per heavy atom. The second-order valence-electron chi connectivity index (χ2n) is 7.06.